The lowest BCUT2D eigenvalue weighted by atomic mass is 10.1. The van der Waals surface area contributed by atoms with E-state index in [2.05, 4.69) is 5.32 Å². The molecule has 30 heavy (non-hydrogen) atoms. The van der Waals surface area contributed by atoms with Crippen molar-refractivity contribution in [3.63, 3.8) is 0 Å². The summed E-state index contributed by atoms with van der Waals surface area (Å²) < 4.78 is 10.6. The molecule has 2 N–H and O–H groups in total. The van der Waals surface area contributed by atoms with Crippen LogP contribution < -0.4 is 19.7 Å². The molecule has 2 aromatic carbocycles. The van der Waals surface area contributed by atoms with E-state index >= 15 is 0 Å². The highest BCUT2D eigenvalue weighted by Crippen LogP contribution is 2.30. The fourth-order valence-corrected chi connectivity index (χ4v) is 2.78. The summed E-state index contributed by atoms with van der Waals surface area (Å²) in [5.41, 5.74) is 0.521. The highest BCUT2D eigenvalue weighted by molar-refractivity contribution is 6.39. The molecule has 0 aromatic heterocycles. The minimum absolute atomic E-state index is 0.210. The highest BCUT2D eigenvalue weighted by Gasteiger charge is 2.36. The van der Waals surface area contributed by atoms with E-state index in [9.17, 15) is 19.2 Å². The molecule has 0 atom stereocenters. The SMILES string of the molecule is CCOc1cc(/C=C2/C(=O)NC(=O)N(c3ccccc3)C2=O)ccc1OCC(=O)O. The van der Waals surface area contributed by atoms with Gasteiger partial charge in [0.25, 0.3) is 11.8 Å². The maximum atomic E-state index is 12.9. The van der Waals surface area contributed by atoms with Crippen LogP contribution in [0.2, 0.25) is 0 Å². The van der Waals surface area contributed by atoms with Gasteiger partial charge in [0.15, 0.2) is 18.1 Å². The highest BCUT2D eigenvalue weighted by atomic mass is 16.5. The number of carboxylic acid groups (broad SMARTS) is 1. The van der Waals surface area contributed by atoms with E-state index < -0.39 is 30.4 Å². The number of anilines is 1. The number of urea groups is 1. The number of carboxylic acids is 1. The summed E-state index contributed by atoms with van der Waals surface area (Å²) in [5, 5.41) is 10.9. The standard InChI is InChI=1S/C21H18N2O7/c1-2-29-17-11-13(8-9-16(17)30-12-18(24)25)10-15-19(26)22-21(28)23(20(15)27)14-6-4-3-5-7-14/h3-11H,2,12H2,1H3,(H,24,25)(H,22,26,28)/b15-10-. The second-order valence-corrected chi connectivity index (χ2v) is 6.12. The molecule has 0 aliphatic carbocycles. The number of benzene rings is 2. The molecule has 154 valence electrons. The van der Waals surface area contributed by atoms with Gasteiger partial charge in [-0.2, -0.15) is 0 Å². The molecule has 0 radical (unpaired) electrons. The Morgan fingerprint density at radius 1 is 1.07 bits per heavy atom. The van der Waals surface area contributed by atoms with E-state index in [1.54, 1.807) is 37.3 Å². The van der Waals surface area contributed by atoms with Crippen LogP contribution in [0.5, 0.6) is 11.5 Å². The Morgan fingerprint density at radius 3 is 2.47 bits per heavy atom. The molecule has 1 aliphatic heterocycles. The van der Waals surface area contributed by atoms with Gasteiger partial charge in [0, 0.05) is 0 Å². The lowest BCUT2D eigenvalue weighted by molar-refractivity contribution is -0.139. The second kappa shape index (κ2) is 8.91. The molecular weight excluding hydrogens is 392 g/mol. The molecular formula is C21H18N2O7. The van der Waals surface area contributed by atoms with Gasteiger partial charge >= 0.3 is 12.0 Å². The molecule has 1 saturated heterocycles. The summed E-state index contributed by atoms with van der Waals surface area (Å²) in [6.45, 7) is 1.49. The third-order valence-corrected chi connectivity index (χ3v) is 4.05. The van der Waals surface area contributed by atoms with E-state index in [1.165, 1.54) is 24.3 Å². The van der Waals surface area contributed by atoms with Gasteiger partial charge in [-0.1, -0.05) is 24.3 Å². The summed E-state index contributed by atoms with van der Waals surface area (Å²) in [6, 6.07) is 11.9. The first-order chi connectivity index (χ1) is 14.4. The number of nitrogens with one attached hydrogen (secondary N) is 1. The number of hydrogen-bond donors (Lipinski definition) is 2. The van der Waals surface area contributed by atoms with Crippen LogP contribution >= 0.6 is 0 Å². The Kier molecular flexibility index (Phi) is 6.11. The zero-order valence-electron chi connectivity index (χ0n) is 16.0. The number of aliphatic carboxylic acids is 1. The average molecular weight is 410 g/mol. The molecule has 4 amide bonds. The number of barbiturate groups is 1. The molecule has 0 spiro atoms. The number of imide groups is 2. The van der Waals surface area contributed by atoms with Gasteiger partial charge in [0.2, 0.25) is 0 Å². The van der Waals surface area contributed by atoms with Gasteiger partial charge in [-0.15, -0.1) is 0 Å². The van der Waals surface area contributed by atoms with Crippen LogP contribution in [0.15, 0.2) is 54.1 Å². The molecule has 0 bridgehead atoms. The quantitative estimate of drug-likeness (QED) is 0.530. The van der Waals surface area contributed by atoms with Crippen LogP contribution in [0.4, 0.5) is 10.5 Å². The van der Waals surface area contributed by atoms with Crippen LogP contribution in [-0.4, -0.2) is 42.1 Å². The van der Waals surface area contributed by atoms with Crippen molar-refractivity contribution >= 4 is 35.6 Å². The van der Waals surface area contributed by atoms with Crippen LogP contribution in [0.25, 0.3) is 6.08 Å². The number of carbonyl (C=O) groups is 4. The molecule has 1 fully saturated rings. The molecule has 0 saturated carbocycles. The maximum absolute atomic E-state index is 12.9. The van der Waals surface area contributed by atoms with Crippen molar-refractivity contribution in [1.82, 2.24) is 5.32 Å². The predicted octanol–water partition coefficient (Wildman–Crippen LogP) is 2.22. The molecule has 9 nitrogen and oxygen atoms in total. The number of para-hydroxylation sites is 1. The minimum atomic E-state index is -1.14. The number of amides is 4. The van der Waals surface area contributed by atoms with Crippen LogP contribution in [0.3, 0.4) is 0 Å². The molecule has 9 heteroatoms. The number of carbonyl (C=O) groups excluding carboxylic acids is 3. The third kappa shape index (κ3) is 4.46. The smallest absolute Gasteiger partial charge is 0.341 e. The van der Waals surface area contributed by atoms with E-state index in [0.29, 0.717) is 17.9 Å². The number of nitrogens with zero attached hydrogens (tertiary/aromatic N) is 1. The summed E-state index contributed by atoms with van der Waals surface area (Å²) >= 11 is 0. The van der Waals surface area contributed by atoms with Crippen molar-refractivity contribution in [3.05, 3.63) is 59.7 Å². The topological polar surface area (TPSA) is 122 Å². The zero-order valence-corrected chi connectivity index (χ0v) is 16.0. The van der Waals surface area contributed by atoms with Crippen LogP contribution in [-0.2, 0) is 14.4 Å². The predicted molar refractivity (Wildman–Crippen MR) is 106 cm³/mol. The maximum Gasteiger partial charge on any atom is 0.341 e. The van der Waals surface area contributed by atoms with Crippen molar-refractivity contribution in [1.29, 1.82) is 0 Å². The lowest BCUT2D eigenvalue weighted by Crippen LogP contribution is -2.54. The monoisotopic (exact) mass is 410 g/mol. The fraction of sp³-hybridized carbons (Fsp3) is 0.143. The first-order valence-corrected chi connectivity index (χ1v) is 8.98. The molecule has 0 unspecified atom stereocenters. The summed E-state index contributed by atoms with van der Waals surface area (Å²) in [7, 11) is 0. The van der Waals surface area contributed by atoms with E-state index in [-0.39, 0.29) is 17.1 Å². The lowest BCUT2D eigenvalue weighted by Gasteiger charge is -2.26. The Hall–Kier alpha value is -4.14. The Bertz CT molecular complexity index is 1030. The summed E-state index contributed by atoms with van der Waals surface area (Å²) in [6.07, 6.45) is 1.32. The van der Waals surface area contributed by atoms with Crippen molar-refractivity contribution in [3.8, 4) is 11.5 Å². The Labute approximate surface area is 171 Å². The molecule has 1 aliphatic rings. The van der Waals surface area contributed by atoms with Crippen molar-refractivity contribution in [2.45, 2.75) is 6.92 Å². The Balaban J connectivity index is 1.95. The van der Waals surface area contributed by atoms with E-state index in [0.717, 1.165) is 4.90 Å². The molecule has 1 heterocycles. The normalized spacial score (nSPS) is 15.2. The van der Waals surface area contributed by atoms with Gasteiger partial charge in [0.05, 0.1) is 12.3 Å². The fourth-order valence-electron chi connectivity index (χ4n) is 2.78. The first kappa shape index (κ1) is 20.6. The second-order valence-electron chi connectivity index (χ2n) is 6.12. The number of ether oxygens (including phenoxy) is 2. The van der Waals surface area contributed by atoms with Crippen LogP contribution in [0, 0.1) is 0 Å². The van der Waals surface area contributed by atoms with Gasteiger partial charge < -0.3 is 14.6 Å². The number of hydrogen-bond acceptors (Lipinski definition) is 6. The van der Waals surface area contributed by atoms with Gasteiger partial charge in [-0.3, -0.25) is 14.9 Å². The molecule has 3 rings (SSSR count). The zero-order chi connectivity index (χ0) is 21.7. The van der Waals surface area contributed by atoms with Crippen LogP contribution in [0.1, 0.15) is 12.5 Å². The van der Waals surface area contributed by atoms with E-state index in [4.69, 9.17) is 14.6 Å². The van der Waals surface area contributed by atoms with Crippen molar-refractivity contribution in [2.75, 3.05) is 18.1 Å². The van der Waals surface area contributed by atoms with Crippen molar-refractivity contribution in [2.24, 2.45) is 0 Å². The first-order valence-electron chi connectivity index (χ1n) is 8.98. The largest absolute Gasteiger partial charge is 0.490 e. The third-order valence-electron chi connectivity index (χ3n) is 4.05. The van der Waals surface area contributed by atoms with Gasteiger partial charge in [-0.25, -0.2) is 14.5 Å². The Morgan fingerprint density at radius 2 is 1.80 bits per heavy atom. The van der Waals surface area contributed by atoms with Crippen molar-refractivity contribution < 1.29 is 33.8 Å². The average Bonchev–Trinajstić information content (AvgIpc) is 2.71. The summed E-state index contributed by atoms with van der Waals surface area (Å²) in [4.78, 5) is 48.9. The number of rotatable bonds is 7. The summed E-state index contributed by atoms with van der Waals surface area (Å²) in [5.74, 6) is -2.26. The minimum Gasteiger partial charge on any atom is -0.490 e. The molecule has 2 aromatic rings. The van der Waals surface area contributed by atoms with E-state index in [1.807, 2.05) is 0 Å². The van der Waals surface area contributed by atoms with Gasteiger partial charge in [0.1, 0.15) is 5.57 Å². The van der Waals surface area contributed by atoms with Gasteiger partial charge in [-0.05, 0) is 42.8 Å².